The molecule has 0 aliphatic carbocycles. The van der Waals surface area contributed by atoms with Crippen LogP contribution in [0, 0.1) is 6.92 Å². The molecule has 1 fully saturated rings. The average molecular weight is 325 g/mol. The number of carbonyl (C=O) groups is 2. The number of rotatable bonds is 4. The lowest BCUT2D eigenvalue weighted by Crippen LogP contribution is -2.40. The smallest absolute Gasteiger partial charge is 0.243 e. The van der Waals surface area contributed by atoms with Gasteiger partial charge in [0.05, 0.1) is 11.4 Å². The second-order valence-corrected chi connectivity index (χ2v) is 7.19. The molecule has 7 nitrogen and oxygen atoms in total. The molecule has 0 saturated carbocycles. The quantitative estimate of drug-likeness (QED) is 0.821. The van der Waals surface area contributed by atoms with Crippen LogP contribution in [0.25, 0.3) is 0 Å². The number of sulfonamides is 1. The molecule has 0 bridgehead atoms. The maximum atomic E-state index is 12.6. The molecule has 22 heavy (non-hydrogen) atoms. The van der Waals surface area contributed by atoms with E-state index in [1.54, 1.807) is 24.3 Å². The lowest BCUT2D eigenvalue weighted by molar-refractivity contribution is -0.134. The Morgan fingerprint density at radius 2 is 1.82 bits per heavy atom. The highest BCUT2D eigenvalue weighted by Crippen LogP contribution is 2.18. The van der Waals surface area contributed by atoms with Gasteiger partial charge in [0.2, 0.25) is 21.8 Å². The van der Waals surface area contributed by atoms with Crippen molar-refractivity contribution in [2.45, 2.75) is 18.2 Å². The van der Waals surface area contributed by atoms with Crippen LogP contribution < -0.4 is 5.73 Å². The predicted octanol–water partition coefficient (Wildman–Crippen LogP) is -0.297. The summed E-state index contributed by atoms with van der Waals surface area (Å²) in [5, 5.41) is 0. The van der Waals surface area contributed by atoms with Crippen LogP contribution in [0.2, 0.25) is 0 Å². The molecule has 8 heteroatoms. The van der Waals surface area contributed by atoms with Crippen LogP contribution in [-0.2, 0) is 19.6 Å². The fraction of sp³-hybridized carbons (Fsp3) is 0.429. The van der Waals surface area contributed by atoms with E-state index in [4.69, 9.17) is 5.73 Å². The average Bonchev–Trinajstić information content (AvgIpc) is 2.62. The van der Waals surface area contributed by atoms with Gasteiger partial charge in [-0.2, -0.15) is 4.31 Å². The van der Waals surface area contributed by atoms with Crippen molar-refractivity contribution in [3.8, 4) is 0 Å². The molecule has 0 spiro atoms. The molecular formula is C14H19N3O4S. The minimum Gasteiger partial charge on any atom is -0.368 e. The van der Waals surface area contributed by atoms with Crippen LogP contribution in [-0.4, -0.2) is 55.6 Å². The fourth-order valence-corrected chi connectivity index (χ4v) is 3.73. The first-order valence-electron chi connectivity index (χ1n) is 6.93. The lowest BCUT2D eigenvalue weighted by atomic mass is 10.2. The first-order valence-corrected chi connectivity index (χ1v) is 8.37. The second-order valence-electron chi connectivity index (χ2n) is 5.25. The van der Waals surface area contributed by atoms with Crippen LogP contribution in [0.3, 0.4) is 0 Å². The Hall–Kier alpha value is -1.93. The Kier molecular flexibility index (Phi) is 4.82. The van der Waals surface area contributed by atoms with Crippen LogP contribution in [0.4, 0.5) is 0 Å². The Balaban J connectivity index is 2.17. The summed E-state index contributed by atoms with van der Waals surface area (Å²) >= 11 is 0. The summed E-state index contributed by atoms with van der Waals surface area (Å²) < 4.78 is 26.5. The molecule has 0 radical (unpaired) electrons. The molecule has 2 N–H and O–H groups in total. The lowest BCUT2D eigenvalue weighted by Gasteiger charge is -2.21. The zero-order valence-corrected chi connectivity index (χ0v) is 13.2. The van der Waals surface area contributed by atoms with Gasteiger partial charge in [0.15, 0.2) is 0 Å². The van der Waals surface area contributed by atoms with Gasteiger partial charge in [-0.25, -0.2) is 8.42 Å². The first-order chi connectivity index (χ1) is 10.3. The molecule has 2 rings (SSSR count). The number of benzene rings is 1. The topological polar surface area (TPSA) is 101 Å². The van der Waals surface area contributed by atoms with Crippen molar-refractivity contribution in [3.63, 3.8) is 0 Å². The van der Waals surface area contributed by atoms with Crippen molar-refractivity contribution >= 4 is 21.8 Å². The van der Waals surface area contributed by atoms with Crippen LogP contribution >= 0.6 is 0 Å². The maximum Gasteiger partial charge on any atom is 0.243 e. The van der Waals surface area contributed by atoms with Crippen LogP contribution in [0.15, 0.2) is 29.2 Å². The van der Waals surface area contributed by atoms with E-state index in [1.807, 2.05) is 6.92 Å². The van der Waals surface area contributed by atoms with E-state index in [0.29, 0.717) is 0 Å². The standard InChI is InChI=1S/C14H19N3O4S/c1-11-2-4-12(5-3-11)22(20,21)17-7-6-14(19)16(8-9-17)10-13(15)18/h2-5H,6-10H2,1H3,(H2,15,18). The van der Waals surface area contributed by atoms with E-state index in [-0.39, 0.29) is 43.4 Å². The van der Waals surface area contributed by atoms with Crippen molar-refractivity contribution in [2.24, 2.45) is 5.73 Å². The minimum atomic E-state index is -3.64. The van der Waals surface area contributed by atoms with Gasteiger partial charge >= 0.3 is 0 Å². The molecule has 0 unspecified atom stereocenters. The monoisotopic (exact) mass is 325 g/mol. The van der Waals surface area contributed by atoms with Gasteiger partial charge in [-0.15, -0.1) is 0 Å². The van der Waals surface area contributed by atoms with E-state index in [2.05, 4.69) is 0 Å². The van der Waals surface area contributed by atoms with Crippen LogP contribution in [0.1, 0.15) is 12.0 Å². The number of carbonyl (C=O) groups excluding carboxylic acids is 2. The third-order valence-corrected chi connectivity index (χ3v) is 5.47. The summed E-state index contributed by atoms with van der Waals surface area (Å²) in [5.41, 5.74) is 6.07. The number of hydrogen-bond donors (Lipinski definition) is 1. The summed E-state index contributed by atoms with van der Waals surface area (Å²) in [6.07, 6.45) is 0.0401. The number of hydrogen-bond acceptors (Lipinski definition) is 4. The molecule has 0 atom stereocenters. The Morgan fingerprint density at radius 1 is 1.18 bits per heavy atom. The first kappa shape index (κ1) is 16.4. The van der Waals surface area contributed by atoms with Gasteiger partial charge in [0.25, 0.3) is 0 Å². The highest BCUT2D eigenvalue weighted by molar-refractivity contribution is 7.89. The van der Waals surface area contributed by atoms with Crippen molar-refractivity contribution in [2.75, 3.05) is 26.2 Å². The van der Waals surface area contributed by atoms with Gasteiger partial charge < -0.3 is 10.6 Å². The number of primary amides is 1. The summed E-state index contributed by atoms with van der Waals surface area (Å²) in [6, 6.07) is 6.57. The van der Waals surface area contributed by atoms with Crippen molar-refractivity contribution < 1.29 is 18.0 Å². The van der Waals surface area contributed by atoms with E-state index < -0.39 is 15.9 Å². The summed E-state index contributed by atoms with van der Waals surface area (Å²) in [4.78, 5) is 24.4. The third-order valence-electron chi connectivity index (χ3n) is 3.55. The van der Waals surface area contributed by atoms with Crippen LogP contribution in [0.5, 0.6) is 0 Å². The van der Waals surface area contributed by atoms with Crippen molar-refractivity contribution in [1.82, 2.24) is 9.21 Å². The molecular weight excluding hydrogens is 306 g/mol. The number of amides is 2. The van der Waals surface area contributed by atoms with Gasteiger partial charge in [0, 0.05) is 26.1 Å². The summed E-state index contributed by atoms with van der Waals surface area (Å²) in [7, 11) is -3.64. The van der Waals surface area contributed by atoms with E-state index >= 15 is 0 Å². The van der Waals surface area contributed by atoms with Crippen molar-refractivity contribution in [1.29, 1.82) is 0 Å². The molecule has 1 aromatic carbocycles. The Morgan fingerprint density at radius 3 is 2.41 bits per heavy atom. The zero-order valence-electron chi connectivity index (χ0n) is 12.4. The molecule has 1 heterocycles. The fourth-order valence-electron chi connectivity index (χ4n) is 2.30. The molecule has 120 valence electrons. The number of aryl methyl sites for hydroxylation is 1. The predicted molar refractivity (Wildman–Crippen MR) is 80.3 cm³/mol. The number of nitrogens with zero attached hydrogens (tertiary/aromatic N) is 2. The van der Waals surface area contributed by atoms with Crippen molar-refractivity contribution in [3.05, 3.63) is 29.8 Å². The van der Waals surface area contributed by atoms with E-state index in [0.717, 1.165) is 5.56 Å². The highest BCUT2D eigenvalue weighted by atomic mass is 32.2. The molecule has 1 aliphatic heterocycles. The Labute approximate surface area is 129 Å². The summed E-state index contributed by atoms with van der Waals surface area (Å²) in [6.45, 7) is 2.10. The minimum absolute atomic E-state index is 0.0401. The van der Waals surface area contributed by atoms with Gasteiger partial charge in [-0.05, 0) is 19.1 Å². The van der Waals surface area contributed by atoms with E-state index in [9.17, 15) is 18.0 Å². The third kappa shape index (κ3) is 3.63. The van der Waals surface area contributed by atoms with Gasteiger partial charge in [0.1, 0.15) is 0 Å². The molecule has 1 saturated heterocycles. The second kappa shape index (κ2) is 6.45. The SMILES string of the molecule is Cc1ccc(S(=O)(=O)N2CCC(=O)N(CC(N)=O)CC2)cc1. The maximum absolute atomic E-state index is 12.6. The normalized spacial score (nSPS) is 17.3. The molecule has 0 aromatic heterocycles. The van der Waals surface area contributed by atoms with Gasteiger partial charge in [-0.3, -0.25) is 9.59 Å². The zero-order chi connectivity index (χ0) is 16.3. The molecule has 2 amide bonds. The highest BCUT2D eigenvalue weighted by Gasteiger charge is 2.29. The largest absolute Gasteiger partial charge is 0.368 e. The van der Waals surface area contributed by atoms with E-state index in [1.165, 1.54) is 9.21 Å². The number of nitrogens with two attached hydrogens (primary N) is 1. The molecule has 1 aliphatic rings. The Bertz CT molecular complexity index is 670. The molecule has 1 aromatic rings. The summed E-state index contributed by atoms with van der Waals surface area (Å²) in [5.74, 6) is -0.872. The van der Waals surface area contributed by atoms with Gasteiger partial charge in [-0.1, -0.05) is 17.7 Å².